The molecule has 6 saturated heterocycles. The number of aromatic amines is 2. The fourth-order valence-electron chi connectivity index (χ4n) is 21.2. The third-order valence-corrected chi connectivity index (χ3v) is 27.8. The number of carbonyl (C=O) groups is 9. The van der Waals surface area contributed by atoms with Crippen LogP contribution in [-0.2, 0) is 52.3 Å². The smallest absolute Gasteiger partial charge is 0.411 e. The molecule has 130 heavy (non-hydrogen) atoms. The zero-order chi connectivity index (χ0) is 91.5. The highest BCUT2D eigenvalue weighted by atomic mass is 16.6. The number of rotatable bonds is 20. The van der Waals surface area contributed by atoms with Crippen LogP contribution in [0, 0.1) is 35.5 Å². The zero-order valence-corrected chi connectivity index (χ0v) is 75.9. The minimum absolute atomic E-state index is 0.0266. The molecule has 8 amide bonds. The number of aromatic nitrogens is 4. The third-order valence-electron chi connectivity index (χ3n) is 27.8. The monoisotopic (exact) mass is 1780 g/mol. The first kappa shape index (κ1) is 91.1. The number of aliphatic carboxylic acids is 1. The number of fused-ring (bicyclic) bond motifs is 10. The highest BCUT2D eigenvalue weighted by Gasteiger charge is 2.54. The van der Waals surface area contributed by atoms with Crippen molar-refractivity contribution < 1.29 is 81.4 Å². The molecule has 7 N–H and O–H groups in total. The van der Waals surface area contributed by atoms with Gasteiger partial charge in [-0.1, -0.05) is 113 Å². The van der Waals surface area contributed by atoms with Crippen molar-refractivity contribution in [3.05, 3.63) is 144 Å². The van der Waals surface area contributed by atoms with E-state index in [4.69, 9.17) is 53.5 Å². The third kappa shape index (κ3) is 19.3. The van der Waals surface area contributed by atoms with Gasteiger partial charge in [0, 0.05) is 99.0 Å². The van der Waals surface area contributed by atoms with Crippen molar-refractivity contribution >= 4 is 120 Å². The quantitative estimate of drug-likeness (QED) is 0.0348. The average molecular weight is 1780 g/mol. The fraction of sp³-hybridized carbons (Fsp3) is 0.505. The lowest BCUT2D eigenvalue weighted by Gasteiger charge is -2.39. The number of hydrogen-bond acceptors (Lipinski definition) is 20. The van der Waals surface area contributed by atoms with Crippen LogP contribution < -0.4 is 21.3 Å². The number of H-pyrrole nitrogens is 2. The molecule has 10 heterocycles. The Kier molecular flexibility index (Phi) is 27.5. The topological polar surface area (TPSA) is 382 Å². The summed E-state index contributed by atoms with van der Waals surface area (Å²) in [5.74, 6) is 0.738. The van der Waals surface area contributed by atoms with Gasteiger partial charge in [0.1, 0.15) is 41.4 Å². The number of piperidine rings is 2. The molecular weight excluding hydrogens is 1660 g/mol. The molecule has 8 fully saturated rings. The van der Waals surface area contributed by atoms with Crippen molar-refractivity contribution in [2.45, 2.75) is 217 Å². The number of nitrogens with one attached hydrogen (secondary N) is 6. The maximum absolute atomic E-state index is 14.5. The standard InChI is InChI=1S/C47H55N7O7.C43H50N6O5.C9H15NO5/c1-26(2)39(51-46(57)59-3)44(55)53-19-5-6-38(53)37-24-33(25-48-37)28-9-7-27(8-10-28)30-12-15-35-31(22-30)13-16-36-41(35)50-43(49-36)42-32-11-14-34(23-32)54(42)45(56)40(52-47(58)60-4)29-17-20-61-21-18-29;1-24(2)36(47-41(51)53-6)40(50)48-19-7-8-35(48)34-22-30(23-44-34)26-11-9-25(10-12-26)27-14-17-32-28(20-27)15-18-33-37(32)46-39(45-33)38-29-13-16-31(21-29)49(38)42(52)54-43(3,4)5;1-14-9(13)10-7(8(11)12)6-2-4-15-5-3-6/h7-10,12-13,15-16,22,25-26,29,32,34,38-40,42H,5-6,11,14,17-21,23-24H2,1-4H3,(H,49,50)(H,51,57)(H,52,58);9-12,14-15,17-18,20,23-24,29,31,35-36,38H,7-8,13,16,19,21-22H2,1-6H3,(H,45,46)(H,47,51);6-7H,2-5H2,1H3,(H,10,13)(H,11,12)/t32-,34+,38-,39-,40-,42-;29-,31+,35-,36-,38-;7-/m000/s1. The number of ether oxygens (including phenoxy) is 7. The van der Waals surface area contributed by atoms with E-state index in [1.54, 1.807) is 0 Å². The van der Waals surface area contributed by atoms with Crippen molar-refractivity contribution in [3.63, 3.8) is 0 Å². The number of carboxylic acid groups (broad SMARTS) is 1. The van der Waals surface area contributed by atoms with Gasteiger partial charge in [-0.2, -0.15) is 0 Å². The predicted octanol–water partition coefficient (Wildman–Crippen LogP) is 15.8. The second kappa shape index (κ2) is 39.2. The molecule has 0 spiro atoms. The number of carbonyl (C=O) groups excluding carboxylic acids is 8. The van der Waals surface area contributed by atoms with Crippen molar-refractivity contribution in [2.75, 3.05) is 68.0 Å². The number of likely N-dealkylation sites (tertiary alicyclic amines) is 4. The van der Waals surface area contributed by atoms with Crippen molar-refractivity contribution in [3.8, 4) is 22.3 Å². The Hall–Kier alpha value is -12.2. The van der Waals surface area contributed by atoms with Gasteiger partial charge >= 0.3 is 36.4 Å². The van der Waals surface area contributed by atoms with E-state index in [9.17, 15) is 43.2 Å². The lowest BCUT2D eigenvalue weighted by molar-refractivity contribution is -0.142. The van der Waals surface area contributed by atoms with Crippen LogP contribution in [0.15, 0.2) is 132 Å². The highest BCUT2D eigenvalue weighted by Crippen LogP contribution is 2.53. The molecule has 2 saturated carbocycles. The Morgan fingerprint density at radius 1 is 0.462 bits per heavy atom. The number of benzene rings is 6. The number of amides is 8. The second-order valence-electron chi connectivity index (χ2n) is 37.6. The summed E-state index contributed by atoms with van der Waals surface area (Å²) < 4.78 is 35.4. The summed E-state index contributed by atoms with van der Waals surface area (Å²) in [6.45, 7) is 16.9. The van der Waals surface area contributed by atoms with Crippen molar-refractivity contribution in [2.24, 2.45) is 45.5 Å². The summed E-state index contributed by atoms with van der Waals surface area (Å²) in [5.41, 5.74) is 13.9. The van der Waals surface area contributed by atoms with Crippen LogP contribution in [0.2, 0.25) is 0 Å². The fourth-order valence-corrected chi connectivity index (χ4v) is 21.2. The predicted molar refractivity (Wildman–Crippen MR) is 492 cm³/mol. The summed E-state index contributed by atoms with van der Waals surface area (Å²) in [5, 5.41) is 23.9. The van der Waals surface area contributed by atoms with E-state index in [1.807, 2.05) is 80.5 Å². The van der Waals surface area contributed by atoms with Crippen LogP contribution in [0.4, 0.5) is 24.0 Å². The molecule has 0 radical (unpaired) electrons. The lowest BCUT2D eigenvalue weighted by Crippen LogP contribution is -2.55. The van der Waals surface area contributed by atoms with Crippen LogP contribution in [-0.4, -0.2) is 232 Å². The number of imidazole rings is 2. The van der Waals surface area contributed by atoms with Gasteiger partial charge in [-0.25, -0.2) is 38.7 Å². The number of carboxylic acids is 1. The SMILES string of the molecule is COC(=O)N[C@H](C(=O)N1CCC[C@H]1C1=NC=C(c2ccc(-c3ccc4c(ccc5[nH]c([C@@H]6[C@H]7CC[C@H](C7)N6C(=O)OC(C)(C)C)nc54)c3)cc2)C1)C(C)C.COC(=O)N[C@H](C(=O)N1CCC[C@H]1C1=NC=C(c2ccc(-c3ccc4c(ccc5[nH]c([C@@H]6[C@H]7CC[C@H](C7)N6C(=O)[C@@H](NC(=O)OC)C6CCOCC6)nc54)c3)cc2)C1)C(C)C.COC(=O)N[C@H](C(=O)O)C1CCOCC1. The van der Waals surface area contributed by atoms with Crippen LogP contribution in [0.3, 0.4) is 0 Å². The molecule has 31 nitrogen and oxygen atoms in total. The normalized spacial score (nSPS) is 22.8. The molecule has 12 atom stereocenters. The Balaban J connectivity index is 0.000000165. The van der Waals surface area contributed by atoms with Crippen molar-refractivity contribution in [1.29, 1.82) is 0 Å². The number of methoxy groups -OCH3 is 4. The molecule has 688 valence electrons. The summed E-state index contributed by atoms with van der Waals surface area (Å²) >= 11 is 0. The molecule has 2 aromatic heterocycles. The highest BCUT2D eigenvalue weighted by molar-refractivity contribution is 6.08. The molecule has 6 aromatic carbocycles. The summed E-state index contributed by atoms with van der Waals surface area (Å²) in [4.78, 5) is 148. The van der Waals surface area contributed by atoms with Crippen LogP contribution in [0.5, 0.6) is 0 Å². The molecule has 10 aliphatic rings. The van der Waals surface area contributed by atoms with E-state index in [-0.39, 0.29) is 83.7 Å². The second-order valence-corrected chi connectivity index (χ2v) is 37.6. The first-order valence-electron chi connectivity index (χ1n) is 45.9. The number of hydrogen-bond donors (Lipinski definition) is 7. The zero-order valence-electron chi connectivity index (χ0n) is 75.9. The molecule has 2 aliphatic carbocycles. The van der Waals surface area contributed by atoms with E-state index in [0.29, 0.717) is 89.9 Å². The number of alkyl carbamates (subject to hydrolysis) is 4. The van der Waals surface area contributed by atoms with Crippen LogP contribution in [0.25, 0.3) is 77.0 Å². The molecule has 4 bridgehead atoms. The van der Waals surface area contributed by atoms with Gasteiger partial charge in [-0.05, 0) is 226 Å². The largest absolute Gasteiger partial charge is 0.480 e. The molecule has 8 aromatic rings. The van der Waals surface area contributed by atoms with Gasteiger partial charge in [0.05, 0.1) is 74.7 Å². The van der Waals surface area contributed by atoms with E-state index < -0.39 is 60.1 Å². The molecule has 8 aliphatic heterocycles. The number of nitrogens with zero attached hydrogens (tertiary/aromatic N) is 8. The van der Waals surface area contributed by atoms with Gasteiger partial charge in [-0.15, -0.1) is 0 Å². The maximum atomic E-state index is 14.5. The lowest BCUT2D eigenvalue weighted by atomic mass is 9.89. The van der Waals surface area contributed by atoms with Gasteiger partial charge in [-0.3, -0.25) is 29.3 Å². The number of aliphatic imine (C=N–C) groups is 2. The van der Waals surface area contributed by atoms with E-state index in [1.165, 1.54) is 28.4 Å². The number of allylic oxidation sites excluding steroid dienone is 2. The molecular formula is C99H120N14O17. The Labute approximate surface area is 756 Å². The van der Waals surface area contributed by atoms with Crippen LogP contribution >= 0.6 is 0 Å². The molecule has 0 unspecified atom stereocenters. The summed E-state index contributed by atoms with van der Waals surface area (Å²) in [6.07, 6.45) is 14.6. The average Bonchev–Trinajstić information content (AvgIpc) is 1.59. The van der Waals surface area contributed by atoms with Crippen molar-refractivity contribution in [1.82, 2.24) is 60.8 Å². The Morgan fingerprint density at radius 3 is 1.27 bits per heavy atom. The maximum Gasteiger partial charge on any atom is 0.411 e. The van der Waals surface area contributed by atoms with Gasteiger partial charge in [0.2, 0.25) is 17.7 Å². The van der Waals surface area contributed by atoms with Gasteiger partial charge in [0.25, 0.3) is 0 Å². The molecule has 31 heteroatoms. The molecule has 18 rings (SSSR count). The van der Waals surface area contributed by atoms with E-state index in [2.05, 4.69) is 145 Å². The Morgan fingerprint density at radius 2 is 0.854 bits per heavy atom. The van der Waals surface area contributed by atoms with Gasteiger partial charge < -0.3 is 84.2 Å². The minimum Gasteiger partial charge on any atom is -0.480 e. The Bertz CT molecular complexity index is 5720. The van der Waals surface area contributed by atoms with Crippen LogP contribution in [0.1, 0.15) is 186 Å². The van der Waals surface area contributed by atoms with Gasteiger partial charge in [0.15, 0.2) is 0 Å². The minimum atomic E-state index is -1.03. The van der Waals surface area contributed by atoms with E-state index >= 15 is 0 Å². The first-order valence-corrected chi connectivity index (χ1v) is 45.9. The summed E-state index contributed by atoms with van der Waals surface area (Å²) in [6, 6.07) is 35.5. The first-order chi connectivity index (χ1) is 62.6. The summed E-state index contributed by atoms with van der Waals surface area (Å²) in [7, 11) is 5.14. The van der Waals surface area contributed by atoms with E-state index in [0.717, 1.165) is 175 Å².